The summed E-state index contributed by atoms with van der Waals surface area (Å²) in [5.74, 6) is -0.925. The van der Waals surface area contributed by atoms with Crippen molar-refractivity contribution in [3.05, 3.63) is 24.3 Å². The molecule has 0 rings (SSSR count). The van der Waals surface area contributed by atoms with Crippen LogP contribution in [0.15, 0.2) is 24.3 Å². The van der Waals surface area contributed by atoms with Crippen LogP contribution in [0.25, 0.3) is 0 Å². The molecular formula is C10H14O4. The van der Waals surface area contributed by atoms with Crippen LogP contribution in [0.4, 0.5) is 0 Å². The summed E-state index contributed by atoms with van der Waals surface area (Å²) in [6.07, 6.45) is 2.86. The lowest BCUT2D eigenvalue weighted by Crippen LogP contribution is -2.12. The first-order valence-corrected chi connectivity index (χ1v) is 4.20. The van der Waals surface area contributed by atoms with E-state index in [2.05, 4.69) is 11.3 Å². The fourth-order valence-corrected chi connectivity index (χ4v) is 0.584. The van der Waals surface area contributed by atoms with Gasteiger partial charge in [-0.3, -0.25) is 0 Å². The van der Waals surface area contributed by atoms with Crippen LogP contribution in [-0.2, 0) is 19.1 Å². The Labute approximate surface area is 83.2 Å². The minimum atomic E-state index is -0.480. The molecule has 4 nitrogen and oxygen atoms in total. The highest BCUT2D eigenvalue weighted by atomic mass is 16.6. The van der Waals surface area contributed by atoms with E-state index in [0.29, 0.717) is 5.57 Å². The third-order valence-electron chi connectivity index (χ3n) is 1.21. The Bertz CT molecular complexity index is 253. The van der Waals surface area contributed by atoms with Gasteiger partial charge in [0.1, 0.15) is 13.2 Å². The zero-order valence-electron chi connectivity index (χ0n) is 8.41. The van der Waals surface area contributed by atoms with Crippen LogP contribution in [0.5, 0.6) is 0 Å². The van der Waals surface area contributed by atoms with Crippen LogP contribution in [0.3, 0.4) is 0 Å². The van der Waals surface area contributed by atoms with Gasteiger partial charge in [0.15, 0.2) is 0 Å². The average Bonchev–Trinajstić information content (AvgIpc) is 2.12. The summed E-state index contributed by atoms with van der Waals surface area (Å²) in [6, 6.07) is 0. The minimum Gasteiger partial charge on any atom is -0.459 e. The summed E-state index contributed by atoms with van der Waals surface area (Å²) in [4.78, 5) is 21.6. The highest BCUT2D eigenvalue weighted by Crippen LogP contribution is 1.91. The zero-order chi connectivity index (χ0) is 11.0. The van der Waals surface area contributed by atoms with Gasteiger partial charge in [0, 0.05) is 11.6 Å². The van der Waals surface area contributed by atoms with E-state index in [9.17, 15) is 9.59 Å². The molecule has 0 aliphatic heterocycles. The van der Waals surface area contributed by atoms with Crippen molar-refractivity contribution >= 4 is 11.9 Å². The maximum absolute atomic E-state index is 10.8. The van der Waals surface area contributed by atoms with Crippen molar-refractivity contribution in [3.8, 4) is 0 Å². The van der Waals surface area contributed by atoms with Crippen molar-refractivity contribution < 1.29 is 19.1 Å². The Kier molecular flexibility index (Phi) is 6.11. The molecule has 0 unspecified atom stereocenters. The number of hydrogen-bond acceptors (Lipinski definition) is 4. The molecule has 0 aromatic rings. The van der Waals surface area contributed by atoms with E-state index in [1.54, 1.807) is 19.9 Å². The standard InChI is InChI=1S/C10H14O4/c1-4-5-9(11)13-6-7-14-10(12)8(2)3/h4-5H,2,6-7H2,1,3H3. The number of rotatable bonds is 5. The first-order valence-electron chi connectivity index (χ1n) is 4.20. The maximum Gasteiger partial charge on any atom is 0.333 e. The molecule has 0 spiro atoms. The second kappa shape index (κ2) is 6.88. The maximum atomic E-state index is 10.8. The molecule has 0 aliphatic carbocycles. The fourth-order valence-electron chi connectivity index (χ4n) is 0.584. The summed E-state index contributed by atoms with van der Waals surface area (Å²) >= 11 is 0. The first kappa shape index (κ1) is 12.4. The van der Waals surface area contributed by atoms with Crippen molar-refractivity contribution in [1.82, 2.24) is 0 Å². The van der Waals surface area contributed by atoms with Gasteiger partial charge in [0.2, 0.25) is 0 Å². The lowest BCUT2D eigenvalue weighted by Gasteiger charge is -2.03. The minimum absolute atomic E-state index is 0.0506. The Hall–Kier alpha value is -1.58. The number of hydrogen-bond donors (Lipinski definition) is 0. The average molecular weight is 198 g/mol. The highest BCUT2D eigenvalue weighted by molar-refractivity contribution is 5.86. The second-order valence-corrected chi connectivity index (χ2v) is 2.58. The first-order chi connectivity index (χ1) is 6.57. The van der Waals surface area contributed by atoms with Gasteiger partial charge in [0.25, 0.3) is 0 Å². The highest BCUT2D eigenvalue weighted by Gasteiger charge is 2.02. The fraction of sp³-hybridized carbons (Fsp3) is 0.400. The number of ether oxygens (including phenoxy) is 2. The molecule has 14 heavy (non-hydrogen) atoms. The molecule has 0 bridgehead atoms. The van der Waals surface area contributed by atoms with Crippen molar-refractivity contribution in [3.63, 3.8) is 0 Å². The van der Waals surface area contributed by atoms with Crippen LogP contribution in [0.2, 0.25) is 0 Å². The Balaban J connectivity index is 3.52. The summed E-state index contributed by atoms with van der Waals surface area (Å²) in [7, 11) is 0. The van der Waals surface area contributed by atoms with Crippen LogP contribution >= 0.6 is 0 Å². The molecule has 0 aliphatic rings. The molecule has 0 N–H and O–H groups in total. The molecule has 0 aromatic carbocycles. The van der Waals surface area contributed by atoms with E-state index in [1.165, 1.54) is 6.08 Å². The molecule has 0 fully saturated rings. The van der Waals surface area contributed by atoms with Gasteiger partial charge >= 0.3 is 11.9 Å². The van der Waals surface area contributed by atoms with E-state index in [1.807, 2.05) is 0 Å². The molecule has 0 radical (unpaired) electrons. The third-order valence-corrected chi connectivity index (χ3v) is 1.21. The molecule has 0 amide bonds. The summed E-state index contributed by atoms with van der Waals surface area (Å²) in [6.45, 7) is 6.77. The normalized spacial score (nSPS) is 9.86. The molecule has 0 atom stereocenters. The van der Waals surface area contributed by atoms with Gasteiger partial charge in [-0.2, -0.15) is 0 Å². The molecular weight excluding hydrogens is 184 g/mol. The van der Waals surface area contributed by atoms with Gasteiger partial charge in [-0.15, -0.1) is 0 Å². The molecule has 78 valence electrons. The molecule has 0 saturated carbocycles. The summed E-state index contributed by atoms with van der Waals surface area (Å²) < 4.78 is 9.37. The van der Waals surface area contributed by atoms with E-state index in [-0.39, 0.29) is 13.2 Å². The van der Waals surface area contributed by atoms with E-state index < -0.39 is 11.9 Å². The van der Waals surface area contributed by atoms with E-state index in [0.717, 1.165) is 0 Å². The second-order valence-electron chi connectivity index (χ2n) is 2.58. The number of carbonyl (C=O) groups excluding carboxylic acids is 2. The topological polar surface area (TPSA) is 52.6 Å². The van der Waals surface area contributed by atoms with Gasteiger partial charge in [-0.25, -0.2) is 9.59 Å². The van der Waals surface area contributed by atoms with Crippen molar-refractivity contribution in [1.29, 1.82) is 0 Å². The molecule has 0 saturated heterocycles. The zero-order valence-corrected chi connectivity index (χ0v) is 8.41. The summed E-state index contributed by atoms with van der Waals surface area (Å²) in [5.41, 5.74) is 0.324. The molecule has 0 aromatic heterocycles. The number of allylic oxidation sites excluding steroid dienone is 1. The number of carbonyl (C=O) groups is 2. The molecule has 0 heterocycles. The SMILES string of the molecule is C=C(C)C(=O)OCCOC(=O)C=CC. The third kappa shape index (κ3) is 5.99. The van der Waals surface area contributed by atoms with Gasteiger partial charge < -0.3 is 9.47 Å². The predicted octanol–water partition coefficient (Wildman–Crippen LogP) is 1.22. The Morgan fingerprint density at radius 2 is 1.86 bits per heavy atom. The van der Waals surface area contributed by atoms with Gasteiger partial charge in [0.05, 0.1) is 0 Å². The van der Waals surface area contributed by atoms with Gasteiger partial charge in [-0.1, -0.05) is 12.7 Å². The van der Waals surface area contributed by atoms with Crippen LogP contribution in [0.1, 0.15) is 13.8 Å². The van der Waals surface area contributed by atoms with Crippen LogP contribution in [-0.4, -0.2) is 25.2 Å². The van der Waals surface area contributed by atoms with Crippen molar-refractivity contribution in [2.45, 2.75) is 13.8 Å². The lowest BCUT2D eigenvalue weighted by molar-refractivity contribution is -0.146. The monoisotopic (exact) mass is 198 g/mol. The van der Waals surface area contributed by atoms with Gasteiger partial charge in [-0.05, 0) is 13.8 Å². The Morgan fingerprint density at radius 1 is 1.29 bits per heavy atom. The largest absolute Gasteiger partial charge is 0.459 e. The lowest BCUT2D eigenvalue weighted by atomic mass is 10.4. The summed E-state index contributed by atoms with van der Waals surface area (Å²) in [5, 5.41) is 0. The van der Waals surface area contributed by atoms with Crippen molar-refractivity contribution in [2.75, 3.05) is 13.2 Å². The quantitative estimate of drug-likeness (QED) is 0.378. The van der Waals surface area contributed by atoms with E-state index >= 15 is 0 Å². The smallest absolute Gasteiger partial charge is 0.333 e. The van der Waals surface area contributed by atoms with E-state index in [4.69, 9.17) is 4.74 Å². The Morgan fingerprint density at radius 3 is 2.36 bits per heavy atom. The predicted molar refractivity (Wildman–Crippen MR) is 51.5 cm³/mol. The van der Waals surface area contributed by atoms with Crippen LogP contribution in [0, 0.1) is 0 Å². The van der Waals surface area contributed by atoms with Crippen LogP contribution < -0.4 is 0 Å². The molecule has 4 heteroatoms. The number of esters is 2. The van der Waals surface area contributed by atoms with Crippen molar-refractivity contribution in [2.24, 2.45) is 0 Å².